The third-order valence-electron chi connectivity index (χ3n) is 5.64. The largest absolute Gasteiger partial charge is 0.481 e. The van der Waals surface area contributed by atoms with Gasteiger partial charge in [-0.2, -0.15) is 0 Å². The van der Waals surface area contributed by atoms with Crippen molar-refractivity contribution in [3.05, 3.63) is 36.0 Å². The Morgan fingerprint density at radius 1 is 0.828 bits per heavy atom. The molecule has 0 aliphatic heterocycles. The molecule has 160 valence electrons. The summed E-state index contributed by atoms with van der Waals surface area (Å²) in [6, 6.07) is 7.93. The predicted molar refractivity (Wildman–Crippen MR) is 120 cm³/mol. The molecule has 0 saturated heterocycles. The molecule has 0 spiro atoms. The maximum atomic E-state index is 12.8. The van der Waals surface area contributed by atoms with Crippen LogP contribution in [0, 0.1) is 0 Å². The first-order chi connectivity index (χ1) is 14.1. The van der Waals surface area contributed by atoms with E-state index < -0.39 is 5.97 Å². The second-order valence-corrected chi connectivity index (χ2v) is 8.11. The van der Waals surface area contributed by atoms with E-state index in [-0.39, 0.29) is 12.2 Å². The van der Waals surface area contributed by atoms with Crippen LogP contribution >= 0.6 is 0 Å². The fourth-order valence-corrected chi connectivity index (χ4v) is 3.96. The van der Waals surface area contributed by atoms with Crippen molar-refractivity contribution in [2.45, 2.75) is 96.9 Å². The lowest BCUT2D eigenvalue weighted by Gasteiger charge is -2.03. The second-order valence-electron chi connectivity index (χ2n) is 8.11. The molecular weight excluding hydrogens is 362 g/mol. The monoisotopic (exact) mass is 399 g/mol. The van der Waals surface area contributed by atoms with Crippen LogP contribution in [0.5, 0.6) is 0 Å². The number of nitrogens with zero attached hydrogens (tertiary/aromatic N) is 1. The van der Waals surface area contributed by atoms with Gasteiger partial charge in [0.2, 0.25) is 0 Å². The van der Waals surface area contributed by atoms with Gasteiger partial charge in [-0.1, -0.05) is 82.9 Å². The van der Waals surface area contributed by atoms with Crippen molar-refractivity contribution in [2.75, 3.05) is 0 Å². The number of carboxylic acids is 1. The highest BCUT2D eigenvalue weighted by Gasteiger charge is 2.14. The van der Waals surface area contributed by atoms with Crippen molar-refractivity contribution in [2.24, 2.45) is 0 Å². The van der Waals surface area contributed by atoms with E-state index in [1.54, 1.807) is 0 Å². The van der Waals surface area contributed by atoms with Gasteiger partial charge in [0.05, 0.1) is 0 Å². The second kappa shape index (κ2) is 13.2. The lowest BCUT2D eigenvalue weighted by molar-refractivity contribution is -0.137. The molecule has 0 radical (unpaired) electrons. The number of carbonyl (C=O) groups is 2. The molecule has 1 aromatic heterocycles. The van der Waals surface area contributed by atoms with Crippen molar-refractivity contribution < 1.29 is 14.7 Å². The molecule has 4 heteroatoms. The van der Waals surface area contributed by atoms with Gasteiger partial charge in [-0.05, 0) is 18.9 Å². The highest BCUT2D eigenvalue weighted by Crippen LogP contribution is 2.24. The predicted octanol–water partition coefficient (Wildman–Crippen LogP) is 7.00. The summed E-state index contributed by atoms with van der Waals surface area (Å²) in [6.45, 7) is 2.87. The molecule has 29 heavy (non-hydrogen) atoms. The molecule has 0 aliphatic carbocycles. The van der Waals surface area contributed by atoms with Crippen LogP contribution in [0.4, 0.5) is 0 Å². The molecule has 0 fully saturated rings. The Kier molecular flexibility index (Phi) is 10.5. The average Bonchev–Trinajstić information content (AvgIpc) is 3.08. The van der Waals surface area contributed by atoms with Gasteiger partial charge in [-0.25, -0.2) is 0 Å². The SMILES string of the molecule is CCCCCCCCCCCCC(=O)c1cn(CCCC(=O)O)c2ccccc12. The summed E-state index contributed by atoms with van der Waals surface area (Å²) in [5.41, 5.74) is 1.80. The van der Waals surface area contributed by atoms with Crippen LogP contribution in [0.1, 0.15) is 101 Å². The minimum atomic E-state index is -0.779. The first kappa shape index (κ1) is 23.2. The third-order valence-corrected chi connectivity index (χ3v) is 5.64. The normalized spacial score (nSPS) is 11.2. The van der Waals surface area contributed by atoms with Crippen LogP contribution in [0.3, 0.4) is 0 Å². The van der Waals surface area contributed by atoms with Crippen LogP contribution in [0.15, 0.2) is 30.5 Å². The summed E-state index contributed by atoms with van der Waals surface area (Å²) in [5, 5.41) is 9.84. The third kappa shape index (κ3) is 8.04. The summed E-state index contributed by atoms with van der Waals surface area (Å²) >= 11 is 0. The van der Waals surface area contributed by atoms with Crippen LogP contribution in [0.25, 0.3) is 10.9 Å². The van der Waals surface area contributed by atoms with E-state index in [9.17, 15) is 9.59 Å². The van der Waals surface area contributed by atoms with Crippen molar-refractivity contribution in [3.63, 3.8) is 0 Å². The van der Waals surface area contributed by atoms with E-state index in [2.05, 4.69) is 6.92 Å². The number of benzene rings is 1. The first-order valence-corrected chi connectivity index (χ1v) is 11.5. The van der Waals surface area contributed by atoms with Gasteiger partial charge in [-0.15, -0.1) is 0 Å². The quantitative estimate of drug-likeness (QED) is 0.244. The zero-order chi connectivity index (χ0) is 20.9. The summed E-state index contributed by atoms with van der Waals surface area (Å²) < 4.78 is 2.03. The van der Waals surface area contributed by atoms with Crippen molar-refractivity contribution in [3.8, 4) is 0 Å². The average molecular weight is 400 g/mol. The van der Waals surface area contributed by atoms with Gasteiger partial charge >= 0.3 is 5.97 Å². The van der Waals surface area contributed by atoms with Crippen molar-refractivity contribution in [1.29, 1.82) is 0 Å². The maximum Gasteiger partial charge on any atom is 0.303 e. The van der Waals surface area contributed by atoms with E-state index >= 15 is 0 Å². The molecule has 4 nitrogen and oxygen atoms in total. The zero-order valence-corrected chi connectivity index (χ0v) is 18.0. The summed E-state index contributed by atoms with van der Waals surface area (Å²) in [5.74, 6) is -0.573. The highest BCUT2D eigenvalue weighted by atomic mass is 16.4. The van der Waals surface area contributed by atoms with E-state index in [0.29, 0.717) is 19.4 Å². The molecule has 0 saturated carbocycles. The number of para-hydroxylation sites is 1. The van der Waals surface area contributed by atoms with Crippen molar-refractivity contribution >= 4 is 22.7 Å². The lowest BCUT2D eigenvalue weighted by atomic mass is 10.0. The number of aryl methyl sites for hydroxylation is 1. The van der Waals surface area contributed by atoms with Crippen LogP contribution in [-0.2, 0) is 11.3 Å². The van der Waals surface area contributed by atoms with Crippen molar-refractivity contribution in [1.82, 2.24) is 4.57 Å². The standard InChI is InChI=1S/C25H37NO3/c1-2-3-4-5-6-7-8-9-10-11-17-24(27)22-20-26(19-14-18-25(28)29)23-16-13-12-15-21(22)23/h12-13,15-16,20H,2-11,14,17-19H2,1H3,(H,28,29). The Hall–Kier alpha value is -2.10. The van der Waals surface area contributed by atoms with E-state index in [0.717, 1.165) is 29.3 Å². The number of carboxylic acid groups (broad SMARTS) is 1. The lowest BCUT2D eigenvalue weighted by Crippen LogP contribution is -2.01. The van der Waals surface area contributed by atoms with Gasteiger partial charge in [0.15, 0.2) is 5.78 Å². The van der Waals surface area contributed by atoms with E-state index in [4.69, 9.17) is 5.11 Å². The summed E-state index contributed by atoms with van der Waals surface area (Å²) in [6.07, 6.45) is 15.9. The molecule has 0 amide bonds. The number of hydrogen-bond acceptors (Lipinski definition) is 2. The number of carbonyl (C=O) groups excluding carboxylic acids is 1. The molecule has 2 rings (SSSR count). The smallest absolute Gasteiger partial charge is 0.303 e. The molecule has 1 heterocycles. The summed E-state index contributed by atoms with van der Waals surface area (Å²) in [4.78, 5) is 23.6. The number of aliphatic carboxylic acids is 1. The fourth-order valence-electron chi connectivity index (χ4n) is 3.96. The Morgan fingerprint density at radius 2 is 1.45 bits per heavy atom. The minimum absolute atomic E-state index is 0.147. The van der Waals surface area contributed by atoms with Gasteiger partial charge in [-0.3, -0.25) is 9.59 Å². The molecular formula is C25H37NO3. The Labute approximate surface area is 175 Å². The Morgan fingerprint density at radius 3 is 2.10 bits per heavy atom. The maximum absolute atomic E-state index is 12.8. The number of unbranched alkanes of at least 4 members (excludes halogenated alkanes) is 9. The van der Waals surface area contributed by atoms with Crippen LogP contribution in [0.2, 0.25) is 0 Å². The number of aromatic nitrogens is 1. The molecule has 0 atom stereocenters. The molecule has 0 unspecified atom stereocenters. The van der Waals surface area contributed by atoms with E-state index in [1.807, 2.05) is 35.0 Å². The number of ketones is 1. The Balaban J connectivity index is 1.76. The molecule has 1 N–H and O–H groups in total. The van der Waals surface area contributed by atoms with Gasteiger partial charge < -0.3 is 9.67 Å². The van der Waals surface area contributed by atoms with Gasteiger partial charge in [0.1, 0.15) is 0 Å². The molecule has 0 aliphatic rings. The first-order valence-electron chi connectivity index (χ1n) is 11.5. The summed E-state index contributed by atoms with van der Waals surface area (Å²) in [7, 11) is 0. The molecule has 1 aromatic carbocycles. The molecule has 2 aromatic rings. The zero-order valence-electron chi connectivity index (χ0n) is 18.0. The fraction of sp³-hybridized carbons (Fsp3) is 0.600. The number of Topliss-reactive ketones (excluding diaryl/α,β-unsaturated/α-hetero) is 1. The van der Waals surface area contributed by atoms with Gasteiger partial charge in [0, 0.05) is 42.0 Å². The highest BCUT2D eigenvalue weighted by molar-refractivity contribution is 6.08. The topological polar surface area (TPSA) is 59.3 Å². The van der Waals surface area contributed by atoms with Crippen LogP contribution < -0.4 is 0 Å². The number of fused-ring (bicyclic) bond motifs is 1. The van der Waals surface area contributed by atoms with Gasteiger partial charge in [0.25, 0.3) is 0 Å². The minimum Gasteiger partial charge on any atom is -0.481 e. The Bertz CT molecular complexity index is 763. The number of hydrogen-bond donors (Lipinski definition) is 1. The van der Waals surface area contributed by atoms with Crippen LogP contribution in [-0.4, -0.2) is 21.4 Å². The molecule has 0 bridgehead atoms. The van der Waals surface area contributed by atoms with E-state index in [1.165, 1.54) is 51.4 Å². The number of rotatable bonds is 16.